The average molecular weight is 276 g/mol. The van der Waals surface area contributed by atoms with Crippen molar-refractivity contribution in [3.05, 3.63) is 29.3 Å². The summed E-state index contributed by atoms with van der Waals surface area (Å²) in [4.78, 5) is 0.224. The Hall–Kier alpha value is -0.620. The number of nitrogens with zero attached hydrogens (tertiary/aromatic N) is 1. The largest absolute Gasteiger partial charge is 0.395 e. The first kappa shape index (κ1) is 12.8. The van der Waals surface area contributed by atoms with Gasteiger partial charge in [-0.2, -0.15) is 4.31 Å². The van der Waals surface area contributed by atoms with Crippen molar-refractivity contribution in [2.45, 2.75) is 23.8 Å². The van der Waals surface area contributed by atoms with Crippen LogP contribution in [0.1, 0.15) is 12.8 Å². The predicted octanol–water partition coefficient (Wildman–Crippen LogP) is 1.49. The van der Waals surface area contributed by atoms with E-state index in [1.165, 1.54) is 16.4 Å². The topological polar surface area (TPSA) is 57.6 Å². The first-order chi connectivity index (χ1) is 8.05. The van der Waals surface area contributed by atoms with Crippen LogP contribution in [0.5, 0.6) is 0 Å². The first-order valence-corrected chi connectivity index (χ1v) is 7.26. The summed E-state index contributed by atoms with van der Waals surface area (Å²) in [6.07, 6.45) is 1.74. The molecule has 1 fully saturated rings. The predicted molar refractivity (Wildman–Crippen MR) is 65.5 cm³/mol. The number of halogens is 1. The molecular formula is C11H14ClNO3S. The Labute approximate surface area is 106 Å². The maximum atomic E-state index is 12.3. The molecular weight excluding hydrogens is 262 g/mol. The second-order valence-corrected chi connectivity index (χ2v) is 6.35. The molecule has 0 bridgehead atoms. The van der Waals surface area contributed by atoms with Crippen LogP contribution in [-0.2, 0) is 10.0 Å². The van der Waals surface area contributed by atoms with Gasteiger partial charge in [0.05, 0.1) is 11.5 Å². The van der Waals surface area contributed by atoms with Crippen LogP contribution in [0.4, 0.5) is 0 Å². The molecule has 4 nitrogen and oxygen atoms in total. The van der Waals surface area contributed by atoms with E-state index in [2.05, 4.69) is 0 Å². The van der Waals surface area contributed by atoms with Crippen LogP contribution in [0.2, 0.25) is 5.02 Å². The summed E-state index contributed by atoms with van der Waals surface area (Å²) in [6, 6.07) is 6.13. The maximum Gasteiger partial charge on any atom is 0.243 e. The summed E-state index contributed by atoms with van der Waals surface area (Å²) >= 11 is 5.73. The lowest BCUT2D eigenvalue weighted by Crippen LogP contribution is -2.35. The van der Waals surface area contributed by atoms with Crippen LogP contribution >= 0.6 is 11.6 Å². The molecule has 0 spiro atoms. The normalized spacial score (nSPS) is 16.4. The van der Waals surface area contributed by atoms with Gasteiger partial charge in [-0.05, 0) is 37.1 Å². The van der Waals surface area contributed by atoms with Crippen LogP contribution in [0.25, 0.3) is 0 Å². The fraction of sp³-hybridized carbons (Fsp3) is 0.455. The number of sulfonamides is 1. The molecule has 1 saturated carbocycles. The van der Waals surface area contributed by atoms with Gasteiger partial charge in [-0.3, -0.25) is 0 Å². The van der Waals surface area contributed by atoms with E-state index in [0.29, 0.717) is 5.02 Å². The highest BCUT2D eigenvalue weighted by Gasteiger charge is 2.37. The van der Waals surface area contributed by atoms with Gasteiger partial charge in [0.15, 0.2) is 0 Å². The van der Waals surface area contributed by atoms with E-state index in [1.54, 1.807) is 12.1 Å². The highest BCUT2D eigenvalue weighted by molar-refractivity contribution is 7.89. The van der Waals surface area contributed by atoms with Crippen molar-refractivity contribution in [1.82, 2.24) is 4.31 Å². The number of benzene rings is 1. The summed E-state index contributed by atoms with van der Waals surface area (Å²) in [5, 5.41) is 9.44. The zero-order valence-electron chi connectivity index (χ0n) is 9.21. The minimum Gasteiger partial charge on any atom is -0.395 e. The molecule has 0 atom stereocenters. The second-order valence-electron chi connectivity index (χ2n) is 4.02. The Bertz CT molecular complexity index is 482. The van der Waals surface area contributed by atoms with Crippen LogP contribution < -0.4 is 0 Å². The Kier molecular flexibility index (Phi) is 3.73. The molecule has 1 aromatic carbocycles. The van der Waals surface area contributed by atoms with Crippen molar-refractivity contribution < 1.29 is 13.5 Å². The molecule has 0 aliphatic heterocycles. The molecule has 0 unspecified atom stereocenters. The average Bonchev–Trinajstić information content (AvgIpc) is 3.10. The summed E-state index contributed by atoms with van der Waals surface area (Å²) in [5.74, 6) is 0. The Morgan fingerprint density at radius 2 is 1.88 bits per heavy atom. The SMILES string of the molecule is O=S(=O)(c1ccc(Cl)cc1)N(CCO)C1CC1. The van der Waals surface area contributed by atoms with Crippen LogP contribution in [0.15, 0.2) is 29.2 Å². The molecule has 1 N–H and O–H groups in total. The quantitative estimate of drug-likeness (QED) is 0.886. The van der Waals surface area contributed by atoms with Gasteiger partial charge < -0.3 is 5.11 Å². The lowest BCUT2D eigenvalue weighted by atomic mass is 10.4. The fourth-order valence-electron chi connectivity index (χ4n) is 1.70. The smallest absolute Gasteiger partial charge is 0.243 e. The highest BCUT2D eigenvalue weighted by Crippen LogP contribution is 2.31. The summed E-state index contributed by atoms with van der Waals surface area (Å²) in [7, 11) is -3.50. The summed E-state index contributed by atoms with van der Waals surface area (Å²) in [5.41, 5.74) is 0. The Morgan fingerprint density at radius 3 is 2.35 bits per heavy atom. The van der Waals surface area contributed by atoms with Gasteiger partial charge in [0.25, 0.3) is 0 Å². The van der Waals surface area contributed by atoms with E-state index >= 15 is 0 Å². The van der Waals surface area contributed by atoms with Gasteiger partial charge in [0.2, 0.25) is 10.0 Å². The number of hydrogen-bond donors (Lipinski definition) is 1. The monoisotopic (exact) mass is 275 g/mol. The van der Waals surface area contributed by atoms with Gasteiger partial charge in [0, 0.05) is 17.6 Å². The van der Waals surface area contributed by atoms with E-state index in [0.717, 1.165) is 12.8 Å². The van der Waals surface area contributed by atoms with E-state index in [9.17, 15) is 8.42 Å². The van der Waals surface area contributed by atoms with Gasteiger partial charge in [0.1, 0.15) is 0 Å². The minimum absolute atomic E-state index is 0.0443. The molecule has 1 aromatic rings. The first-order valence-electron chi connectivity index (χ1n) is 5.44. The third kappa shape index (κ3) is 2.80. The van der Waals surface area contributed by atoms with Crippen LogP contribution in [-0.4, -0.2) is 37.0 Å². The van der Waals surface area contributed by atoms with Gasteiger partial charge >= 0.3 is 0 Å². The number of aliphatic hydroxyl groups excluding tert-OH is 1. The fourth-order valence-corrected chi connectivity index (χ4v) is 3.50. The third-order valence-corrected chi connectivity index (χ3v) is 4.91. The van der Waals surface area contributed by atoms with Gasteiger partial charge in [-0.25, -0.2) is 8.42 Å². The zero-order chi connectivity index (χ0) is 12.5. The van der Waals surface area contributed by atoms with Crippen molar-refractivity contribution in [2.24, 2.45) is 0 Å². The van der Waals surface area contributed by atoms with Crippen molar-refractivity contribution in [1.29, 1.82) is 0 Å². The molecule has 0 radical (unpaired) electrons. The molecule has 0 saturated heterocycles. The molecule has 1 aliphatic carbocycles. The van der Waals surface area contributed by atoms with E-state index in [4.69, 9.17) is 16.7 Å². The lowest BCUT2D eigenvalue weighted by Gasteiger charge is -2.20. The van der Waals surface area contributed by atoms with Gasteiger partial charge in [-0.15, -0.1) is 0 Å². The number of hydrogen-bond acceptors (Lipinski definition) is 3. The number of rotatable bonds is 5. The highest BCUT2D eigenvalue weighted by atomic mass is 35.5. The van der Waals surface area contributed by atoms with Crippen LogP contribution in [0, 0.1) is 0 Å². The molecule has 0 aromatic heterocycles. The van der Waals surface area contributed by atoms with Crippen molar-refractivity contribution >= 4 is 21.6 Å². The molecule has 94 valence electrons. The molecule has 0 heterocycles. The molecule has 17 heavy (non-hydrogen) atoms. The third-order valence-electron chi connectivity index (χ3n) is 2.69. The van der Waals surface area contributed by atoms with E-state index < -0.39 is 10.0 Å². The Morgan fingerprint density at radius 1 is 1.29 bits per heavy atom. The molecule has 1 aliphatic rings. The number of aliphatic hydroxyl groups is 1. The van der Waals surface area contributed by atoms with Crippen LogP contribution in [0.3, 0.4) is 0 Å². The van der Waals surface area contributed by atoms with Crippen molar-refractivity contribution in [3.63, 3.8) is 0 Å². The molecule has 0 amide bonds. The molecule has 6 heteroatoms. The van der Waals surface area contributed by atoms with Gasteiger partial charge in [-0.1, -0.05) is 11.6 Å². The van der Waals surface area contributed by atoms with Crippen molar-refractivity contribution in [3.8, 4) is 0 Å². The zero-order valence-corrected chi connectivity index (χ0v) is 10.8. The minimum atomic E-state index is -3.50. The summed E-state index contributed by atoms with van der Waals surface area (Å²) < 4.78 is 25.9. The second kappa shape index (κ2) is 4.94. The van der Waals surface area contributed by atoms with Crippen molar-refractivity contribution in [2.75, 3.05) is 13.2 Å². The molecule has 2 rings (SSSR count). The van der Waals surface area contributed by atoms with E-state index in [-0.39, 0.29) is 24.1 Å². The summed E-state index contributed by atoms with van der Waals surface area (Å²) in [6.45, 7) is -0.0149. The Balaban J connectivity index is 2.30. The standard InChI is InChI=1S/C11H14ClNO3S/c12-9-1-5-11(6-2-9)17(15,16)13(7-8-14)10-3-4-10/h1-2,5-6,10,14H,3-4,7-8H2. The van der Waals surface area contributed by atoms with E-state index in [1.807, 2.05) is 0 Å². The maximum absolute atomic E-state index is 12.3. The lowest BCUT2D eigenvalue weighted by molar-refractivity contribution is 0.250.